The Morgan fingerprint density at radius 2 is 1.89 bits per heavy atom. The van der Waals surface area contributed by atoms with Gasteiger partial charge in [0.1, 0.15) is 0 Å². The van der Waals surface area contributed by atoms with Crippen LogP contribution in [0, 0.1) is 6.92 Å². The second kappa shape index (κ2) is 7.87. The molecule has 0 radical (unpaired) electrons. The van der Waals surface area contributed by atoms with Crippen molar-refractivity contribution < 1.29 is 26.3 Å². The molecule has 2 aromatic carbocycles. The van der Waals surface area contributed by atoms with E-state index in [0.29, 0.717) is 11.1 Å². The number of hydrogen-bond donors (Lipinski definition) is 2. The number of alkyl halides is 3. The van der Waals surface area contributed by atoms with Gasteiger partial charge >= 0.3 is 6.36 Å². The van der Waals surface area contributed by atoms with Crippen molar-refractivity contribution in [3.63, 3.8) is 0 Å². The van der Waals surface area contributed by atoms with Gasteiger partial charge < -0.3 is 15.8 Å². The number of nitrogens with one attached hydrogen (secondary N) is 1. The van der Waals surface area contributed by atoms with Gasteiger partial charge in [0.25, 0.3) is 0 Å². The van der Waals surface area contributed by atoms with E-state index in [2.05, 4.69) is 15.0 Å². The zero-order valence-electron chi connectivity index (χ0n) is 14.5. The molecule has 10 heteroatoms. The predicted molar refractivity (Wildman–Crippen MR) is 96.4 cm³/mol. The molecule has 146 valence electrons. The zero-order chi connectivity index (χ0) is 20.2. The van der Waals surface area contributed by atoms with E-state index in [4.69, 9.17) is 5.73 Å². The van der Waals surface area contributed by atoms with Crippen molar-refractivity contribution in [2.75, 3.05) is 11.6 Å². The standard InChI is InChI=1S/C17H18F3N3O3S/c1-11-9-12(7-8-15(11)27(2,24)25)10-22-16(21)23-13-5-3-4-6-14(13)26-17(18,19)20/h3-9H,10H2,1-2H3,(H3,21,22,23). The van der Waals surface area contributed by atoms with Gasteiger partial charge in [-0.2, -0.15) is 0 Å². The molecule has 3 N–H and O–H groups in total. The topological polar surface area (TPSA) is 93.8 Å². The molecule has 6 nitrogen and oxygen atoms in total. The van der Waals surface area contributed by atoms with E-state index >= 15 is 0 Å². The van der Waals surface area contributed by atoms with Gasteiger partial charge in [0.2, 0.25) is 0 Å². The van der Waals surface area contributed by atoms with Crippen LogP contribution in [0.3, 0.4) is 0 Å². The van der Waals surface area contributed by atoms with Gasteiger partial charge in [-0.1, -0.05) is 24.3 Å². The number of hydrogen-bond acceptors (Lipinski definition) is 4. The van der Waals surface area contributed by atoms with Crippen molar-refractivity contribution in [1.82, 2.24) is 0 Å². The number of sulfone groups is 1. The van der Waals surface area contributed by atoms with Crippen LogP contribution >= 0.6 is 0 Å². The van der Waals surface area contributed by atoms with Gasteiger partial charge in [-0.15, -0.1) is 13.2 Å². The average Bonchev–Trinajstić information content (AvgIpc) is 2.52. The van der Waals surface area contributed by atoms with Gasteiger partial charge in [-0.05, 0) is 36.2 Å². The predicted octanol–water partition coefficient (Wildman–Crippen LogP) is 3.22. The van der Waals surface area contributed by atoms with Crippen LogP contribution < -0.4 is 15.8 Å². The number of guanidine groups is 1. The second-order valence-electron chi connectivity index (χ2n) is 5.74. The molecule has 0 aliphatic carbocycles. The lowest BCUT2D eigenvalue weighted by Crippen LogP contribution is -2.24. The molecule has 27 heavy (non-hydrogen) atoms. The molecule has 0 atom stereocenters. The molecule has 0 spiro atoms. The van der Waals surface area contributed by atoms with Crippen LogP contribution in [0.1, 0.15) is 11.1 Å². The number of nitrogens with zero attached hydrogens (tertiary/aromatic N) is 1. The highest BCUT2D eigenvalue weighted by atomic mass is 32.2. The molecule has 0 saturated heterocycles. The largest absolute Gasteiger partial charge is 0.573 e. The van der Waals surface area contributed by atoms with Gasteiger partial charge in [-0.3, -0.25) is 0 Å². The van der Waals surface area contributed by atoms with Gasteiger partial charge in [0.15, 0.2) is 21.5 Å². The highest BCUT2D eigenvalue weighted by Gasteiger charge is 2.32. The Balaban J connectivity index is 2.13. The monoisotopic (exact) mass is 401 g/mol. The molecule has 2 aromatic rings. The smallest absolute Gasteiger partial charge is 0.404 e. The fraction of sp³-hybridized carbons (Fsp3) is 0.235. The van der Waals surface area contributed by atoms with Crippen LogP contribution in [-0.2, 0) is 16.4 Å². The summed E-state index contributed by atoms with van der Waals surface area (Å²) in [5, 5.41) is 2.56. The first-order valence-corrected chi connectivity index (χ1v) is 9.56. The minimum Gasteiger partial charge on any atom is -0.404 e. The molecule has 0 amide bonds. The average molecular weight is 401 g/mol. The first-order valence-electron chi connectivity index (χ1n) is 7.67. The maximum absolute atomic E-state index is 12.4. The molecule has 2 rings (SSSR count). The van der Waals surface area contributed by atoms with Gasteiger partial charge in [-0.25, -0.2) is 13.4 Å². The first kappa shape index (κ1) is 20.6. The highest BCUT2D eigenvalue weighted by Crippen LogP contribution is 2.29. The van der Waals surface area contributed by atoms with Crippen molar-refractivity contribution in [1.29, 1.82) is 0 Å². The normalized spacial score (nSPS) is 12.7. The number of anilines is 1. The number of nitrogens with two attached hydrogens (primary N) is 1. The Labute approximate surface area is 154 Å². The molecule has 0 unspecified atom stereocenters. The Bertz CT molecular complexity index is 957. The number of halogens is 3. The number of rotatable bonds is 5. The molecule has 0 saturated carbocycles. The summed E-state index contributed by atoms with van der Waals surface area (Å²) in [6.07, 6.45) is -3.71. The summed E-state index contributed by atoms with van der Waals surface area (Å²) in [6, 6.07) is 10.2. The first-order chi connectivity index (χ1) is 12.5. The van der Waals surface area contributed by atoms with Crippen molar-refractivity contribution >= 4 is 21.5 Å². The summed E-state index contributed by atoms with van der Waals surface area (Å²) in [5.41, 5.74) is 7.01. The number of para-hydroxylation sites is 2. The van der Waals surface area contributed by atoms with Crippen LogP contribution in [0.25, 0.3) is 0 Å². The minimum absolute atomic E-state index is 0.0136. The second-order valence-corrected chi connectivity index (χ2v) is 7.73. The summed E-state index contributed by atoms with van der Waals surface area (Å²) < 4.78 is 64.4. The third kappa shape index (κ3) is 6.17. The van der Waals surface area contributed by atoms with E-state index in [1.54, 1.807) is 19.1 Å². The number of ether oxygens (including phenoxy) is 1. The third-order valence-electron chi connectivity index (χ3n) is 3.45. The molecule has 0 fully saturated rings. The van der Waals surface area contributed by atoms with E-state index < -0.39 is 21.9 Å². The van der Waals surface area contributed by atoms with Crippen LogP contribution in [0.15, 0.2) is 52.4 Å². The van der Waals surface area contributed by atoms with E-state index in [0.717, 1.165) is 12.3 Å². The Morgan fingerprint density at radius 1 is 1.22 bits per heavy atom. The summed E-state index contributed by atoms with van der Waals surface area (Å²) in [5.74, 6) is -0.547. The fourth-order valence-corrected chi connectivity index (χ4v) is 3.32. The maximum atomic E-state index is 12.4. The Kier molecular flexibility index (Phi) is 5.99. The Morgan fingerprint density at radius 3 is 2.48 bits per heavy atom. The number of benzene rings is 2. The van der Waals surface area contributed by atoms with E-state index in [1.807, 2.05) is 0 Å². The molecule has 0 aliphatic rings. The lowest BCUT2D eigenvalue weighted by Gasteiger charge is -2.14. The molecule has 0 aromatic heterocycles. The summed E-state index contributed by atoms with van der Waals surface area (Å²) >= 11 is 0. The SMILES string of the molecule is Cc1cc(CN=C(N)Nc2ccccc2OC(F)(F)F)ccc1S(C)(=O)=O. The Hall–Kier alpha value is -2.75. The summed E-state index contributed by atoms with van der Waals surface area (Å²) in [6.45, 7) is 1.78. The number of aliphatic imine (C=N–C) groups is 1. The lowest BCUT2D eigenvalue weighted by atomic mass is 10.1. The van der Waals surface area contributed by atoms with Crippen LogP contribution in [0.5, 0.6) is 5.75 Å². The van der Waals surface area contributed by atoms with Crippen molar-refractivity contribution in [3.05, 3.63) is 53.6 Å². The molecular formula is C17H18F3N3O3S. The summed E-state index contributed by atoms with van der Waals surface area (Å²) in [7, 11) is -3.32. The molecule has 0 bridgehead atoms. The molecule has 0 heterocycles. The van der Waals surface area contributed by atoms with Gasteiger partial charge in [0, 0.05) is 6.26 Å². The van der Waals surface area contributed by atoms with E-state index in [9.17, 15) is 21.6 Å². The maximum Gasteiger partial charge on any atom is 0.573 e. The molecule has 0 aliphatic heterocycles. The minimum atomic E-state index is -4.83. The van der Waals surface area contributed by atoms with Crippen LogP contribution in [0.2, 0.25) is 0 Å². The quantitative estimate of drug-likeness (QED) is 0.593. The highest BCUT2D eigenvalue weighted by molar-refractivity contribution is 7.90. The van der Waals surface area contributed by atoms with Crippen LogP contribution in [0.4, 0.5) is 18.9 Å². The number of aryl methyl sites for hydroxylation is 1. The van der Waals surface area contributed by atoms with Crippen molar-refractivity contribution in [2.45, 2.75) is 24.7 Å². The third-order valence-corrected chi connectivity index (χ3v) is 4.70. The zero-order valence-corrected chi connectivity index (χ0v) is 15.4. The summed E-state index contributed by atoms with van der Waals surface area (Å²) in [4.78, 5) is 4.28. The van der Waals surface area contributed by atoms with E-state index in [-0.39, 0.29) is 23.1 Å². The van der Waals surface area contributed by atoms with Crippen LogP contribution in [-0.4, -0.2) is 27.0 Å². The van der Waals surface area contributed by atoms with Crippen molar-refractivity contribution in [3.8, 4) is 5.75 Å². The van der Waals surface area contributed by atoms with Gasteiger partial charge in [0.05, 0.1) is 17.1 Å². The van der Waals surface area contributed by atoms with E-state index in [1.165, 1.54) is 24.3 Å². The molecular weight excluding hydrogens is 383 g/mol. The lowest BCUT2D eigenvalue weighted by molar-refractivity contribution is -0.274. The fourth-order valence-electron chi connectivity index (χ4n) is 2.36. The van der Waals surface area contributed by atoms with Crippen molar-refractivity contribution in [2.24, 2.45) is 10.7 Å².